The highest BCUT2D eigenvalue weighted by Crippen LogP contribution is 2.22. The van der Waals surface area contributed by atoms with Crippen LogP contribution >= 0.6 is 0 Å². The number of carbonyl (C=O) groups is 1. The molecule has 132 valence electrons. The summed E-state index contributed by atoms with van der Waals surface area (Å²) in [6, 6.07) is 16.4. The van der Waals surface area contributed by atoms with Crippen LogP contribution in [-0.2, 0) is 4.74 Å². The van der Waals surface area contributed by atoms with Crippen LogP contribution in [0, 0.1) is 13.8 Å². The highest BCUT2D eigenvalue weighted by atomic mass is 16.5. The number of aryl methyl sites for hydroxylation is 2. The summed E-state index contributed by atoms with van der Waals surface area (Å²) in [5.41, 5.74) is 4.34. The maximum absolute atomic E-state index is 12.5. The van der Waals surface area contributed by atoms with Crippen molar-refractivity contribution in [3.63, 3.8) is 0 Å². The molecule has 0 aromatic heterocycles. The Morgan fingerprint density at radius 2 is 1.80 bits per heavy atom. The van der Waals surface area contributed by atoms with E-state index in [2.05, 4.69) is 41.4 Å². The molecule has 1 fully saturated rings. The molecule has 0 aliphatic carbocycles. The molecule has 4 heteroatoms. The number of hydrogen-bond donors (Lipinski definition) is 1. The summed E-state index contributed by atoms with van der Waals surface area (Å²) >= 11 is 0. The van der Waals surface area contributed by atoms with Gasteiger partial charge in [0.1, 0.15) is 0 Å². The number of morpholine rings is 1. The van der Waals surface area contributed by atoms with Gasteiger partial charge in [0, 0.05) is 25.2 Å². The first-order valence-electron chi connectivity index (χ1n) is 8.87. The van der Waals surface area contributed by atoms with Crippen molar-refractivity contribution in [3.8, 4) is 0 Å². The number of ether oxygens (including phenoxy) is 1. The van der Waals surface area contributed by atoms with Crippen molar-refractivity contribution in [2.75, 3.05) is 32.8 Å². The van der Waals surface area contributed by atoms with Crippen molar-refractivity contribution < 1.29 is 9.53 Å². The summed E-state index contributed by atoms with van der Waals surface area (Å²) in [5.74, 6) is -0.0223. The summed E-state index contributed by atoms with van der Waals surface area (Å²) in [6.07, 6.45) is 0. The summed E-state index contributed by atoms with van der Waals surface area (Å²) < 4.78 is 5.49. The third-order valence-electron chi connectivity index (χ3n) is 4.68. The Bertz CT molecular complexity index is 706. The molecule has 1 amide bonds. The number of hydrogen-bond acceptors (Lipinski definition) is 3. The Morgan fingerprint density at radius 1 is 1.08 bits per heavy atom. The minimum atomic E-state index is -0.0223. The normalized spacial score (nSPS) is 16.4. The molecular weight excluding hydrogens is 312 g/mol. The fourth-order valence-electron chi connectivity index (χ4n) is 3.22. The zero-order valence-electron chi connectivity index (χ0n) is 15.0. The van der Waals surface area contributed by atoms with Crippen molar-refractivity contribution in [1.82, 2.24) is 10.2 Å². The van der Waals surface area contributed by atoms with Crippen LogP contribution in [0.5, 0.6) is 0 Å². The standard InChI is InChI=1S/C21H26N2O2/c1-16-6-8-18(9-7-16)21(24)22-15-20(23-10-12-25-13-11-23)19-5-3-4-17(2)14-19/h3-9,14,20H,10-13,15H2,1-2H3,(H,22,24)/t20-/m1/s1. The highest BCUT2D eigenvalue weighted by Gasteiger charge is 2.23. The lowest BCUT2D eigenvalue weighted by atomic mass is 10.0. The number of carbonyl (C=O) groups excluding carboxylic acids is 1. The summed E-state index contributed by atoms with van der Waals surface area (Å²) in [7, 11) is 0. The van der Waals surface area contributed by atoms with Crippen LogP contribution in [0.25, 0.3) is 0 Å². The number of benzene rings is 2. The molecule has 0 radical (unpaired) electrons. The maximum atomic E-state index is 12.5. The first-order chi connectivity index (χ1) is 12.1. The molecule has 2 aromatic rings. The first-order valence-corrected chi connectivity index (χ1v) is 8.87. The van der Waals surface area contributed by atoms with E-state index >= 15 is 0 Å². The summed E-state index contributed by atoms with van der Waals surface area (Å²) in [5, 5.41) is 3.11. The van der Waals surface area contributed by atoms with Gasteiger partial charge in [-0.15, -0.1) is 0 Å². The Labute approximate surface area is 149 Å². The van der Waals surface area contributed by atoms with Gasteiger partial charge in [-0.25, -0.2) is 0 Å². The van der Waals surface area contributed by atoms with Crippen molar-refractivity contribution in [2.45, 2.75) is 19.9 Å². The van der Waals surface area contributed by atoms with Gasteiger partial charge in [0.2, 0.25) is 0 Å². The van der Waals surface area contributed by atoms with E-state index in [1.54, 1.807) is 0 Å². The van der Waals surface area contributed by atoms with Gasteiger partial charge in [-0.2, -0.15) is 0 Å². The average Bonchev–Trinajstić information content (AvgIpc) is 2.63. The quantitative estimate of drug-likeness (QED) is 0.911. The Morgan fingerprint density at radius 3 is 2.48 bits per heavy atom. The van der Waals surface area contributed by atoms with E-state index in [4.69, 9.17) is 4.74 Å². The molecule has 1 N–H and O–H groups in total. The van der Waals surface area contributed by atoms with E-state index in [9.17, 15) is 4.79 Å². The van der Waals surface area contributed by atoms with Crippen LogP contribution in [0.15, 0.2) is 48.5 Å². The lowest BCUT2D eigenvalue weighted by molar-refractivity contribution is 0.0162. The molecular formula is C21H26N2O2. The molecule has 1 aliphatic rings. The molecule has 4 nitrogen and oxygen atoms in total. The molecule has 3 rings (SSSR count). The van der Waals surface area contributed by atoms with E-state index < -0.39 is 0 Å². The Kier molecular flexibility index (Phi) is 5.84. The predicted molar refractivity (Wildman–Crippen MR) is 99.8 cm³/mol. The number of nitrogens with zero attached hydrogens (tertiary/aromatic N) is 1. The second-order valence-electron chi connectivity index (χ2n) is 6.65. The third kappa shape index (κ3) is 4.68. The number of nitrogens with one attached hydrogen (secondary N) is 1. The number of amides is 1. The zero-order valence-corrected chi connectivity index (χ0v) is 15.0. The van der Waals surface area contributed by atoms with Crippen LogP contribution in [-0.4, -0.2) is 43.7 Å². The maximum Gasteiger partial charge on any atom is 0.251 e. The molecule has 1 saturated heterocycles. The number of rotatable bonds is 5. The van der Waals surface area contributed by atoms with Gasteiger partial charge in [0.25, 0.3) is 5.91 Å². The molecule has 0 saturated carbocycles. The molecule has 2 aromatic carbocycles. The van der Waals surface area contributed by atoms with Gasteiger partial charge in [-0.05, 0) is 31.5 Å². The van der Waals surface area contributed by atoms with Crippen LogP contribution in [0.4, 0.5) is 0 Å². The van der Waals surface area contributed by atoms with E-state index in [-0.39, 0.29) is 11.9 Å². The highest BCUT2D eigenvalue weighted by molar-refractivity contribution is 5.94. The van der Waals surface area contributed by atoms with Crippen molar-refractivity contribution in [1.29, 1.82) is 0 Å². The summed E-state index contributed by atoms with van der Waals surface area (Å²) in [4.78, 5) is 14.9. The predicted octanol–water partition coefficient (Wildman–Crippen LogP) is 3.11. The van der Waals surface area contributed by atoms with Crippen molar-refractivity contribution in [2.24, 2.45) is 0 Å². The van der Waals surface area contributed by atoms with Crippen LogP contribution < -0.4 is 5.32 Å². The van der Waals surface area contributed by atoms with Crippen LogP contribution in [0.1, 0.15) is 33.1 Å². The van der Waals surface area contributed by atoms with Gasteiger partial charge in [0.15, 0.2) is 0 Å². The Balaban J connectivity index is 1.73. The molecule has 0 spiro atoms. The molecule has 1 atom stereocenters. The van der Waals surface area contributed by atoms with Gasteiger partial charge in [0.05, 0.1) is 19.3 Å². The van der Waals surface area contributed by atoms with Gasteiger partial charge in [-0.3, -0.25) is 9.69 Å². The first kappa shape index (κ1) is 17.6. The monoisotopic (exact) mass is 338 g/mol. The zero-order chi connectivity index (χ0) is 17.6. The van der Waals surface area contributed by atoms with E-state index in [0.717, 1.165) is 31.9 Å². The van der Waals surface area contributed by atoms with E-state index in [1.165, 1.54) is 11.1 Å². The second kappa shape index (κ2) is 8.28. The van der Waals surface area contributed by atoms with Crippen molar-refractivity contribution >= 4 is 5.91 Å². The molecule has 1 aliphatic heterocycles. The van der Waals surface area contributed by atoms with Gasteiger partial charge < -0.3 is 10.1 Å². The smallest absolute Gasteiger partial charge is 0.251 e. The SMILES string of the molecule is Cc1ccc(C(=O)NC[C@H](c2cccc(C)c2)N2CCOCC2)cc1. The average molecular weight is 338 g/mol. The third-order valence-corrected chi connectivity index (χ3v) is 4.68. The van der Waals surface area contributed by atoms with Crippen molar-refractivity contribution in [3.05, 3.63) is 70.8 Å². The topological polar surface area (TPSA) is 41.6 Å². The lowest BCUT2D eigenvalue weighted by Gasteiger charge is -2.35. The largest absolute Gasteiger partial charge is 0.379 e. The minimum absolute atomic E-state index is 0.0223. The lowest BCUT2D eigenvalue weighted by Crippen LogP contribution is -2.43. The Hall–Kier alpha value is -2.17. The van der Waals surface area contributed by atoms with Gasteiger partial charge in [-0.1, -0.05) is 47.5 Å². The second-order valence-corrected chi connectivity index (χ2v) is 6.65. The van der Waals surface area contributed by atoms with Crippen LogP contribution in [0.3, 0.4) is 0 Å². The summed E-state index contributed by atoms with van der Waals surface area (Å²) in [6.45, 7) is 7.98. The minimum Gasteiger partial charge on any atom is -0.379 e. The van der Waals surface area contributed by atoms with E-state index in [1.807, 2.05) is 31.2 Å². The van der Waals surface area contributed by atoms with E-state index in [0.29, 0.717) is 12.1 Å². The van der Waals surface area contributed by atoms with Crippen LogP contribution in [0.2, 0.25) is 0 Å². The molecule has 0 unspecified atom stereocenters. The molecule has 25 heavy (non-hydrogen) atoms. The molecule has 0 bridgehead atoms. The fraction of sp³-hybridized carbons (Fsp3) is 0.381. The fourth-order valence-corrected chi connectivity index (χ4v) is 3.22. The molecule has 1 heterocycles. The van der Waals surface area contributed by atoms with Gasteiger partial charge >= 0.3 is 0 Å².